The Balaban J connectivity index is 2.29. The van der Waals surface area contributed by atoms with Gasteiger partial charge in [0.25, 0.3) is 0 Å². The zero-order valence-electron chi connectivity index (χ0n) is 11.0. The summed E-state index contributed by atoms with van der Waals surface area (Å²) >= 11 is 15.3. The molecule has 0 heterocycles. The van der Waals surface area contributed by atoms with E-state index in [1.54, 1.807) is 30.3 Å². The molecule has 3 nitrogen and oxygen atoms in total. The minimum absolute atomic E-state index is 0.203. The quantitative estimate of drug-likeness (QED) is 0.663. The predicted octanol–water partition coefficient (Wildman–Crippen LogP) is 5.16. The first-order valence-corrected chi connectivity index (χ1v) is 7.49. The fourth-order valence-electron chi connectivity index (χ4n) is 1.77. The average Bonchev–Trinajstić information content (AvgIpc) is 2.46. The highest BCUT2D eigenvalue weighted by Gasteiger charge is 2.13. The van der Waals surface area contributed by atoms with E-state index in [-0.39, 0.29) is 6.61 Å². The van der Waals surface area contributed by atoms with Crippen molar-refractivity contribution in [3.05, 3.63) is 56.0 Å². The maximum Gasteiger partial charge on any atom is 0.172 e. The van der Waals surface area contributed by atoms with Crippen LogP contribution < -0.4 is 9.47 Å². The van der Waals surface area contributed by atoms with Crippen LogP contribution in [0, 0.1) is 0 Å². The lowest BCUT2D eigenvalue weighted by atomic mass is 10.2. The van der Waals surface area contributed by atoms with Crippen LogP contribution in [0.15, 0.2) is 34.8 Å². The number of aldehydes is 1. The van der Waals surface area contributed by atoms with Crippen LogP contribution in [0.3, 0.4) is 0 Å². The summed E-state index contributed by atoms with van der Waals surface area (Å²) in [6.07, 6.45) is 0.714. The van der Waals surface area contributed by atoms with Crippen LogP contribution in [0.5, 0.6) is 11.5 Å². The first kappa shape index (κ1) is 16.1. The van der Waals surface area contributed by atoms with E-state index in [1.807, 2.05) is 0 Å². The Morgan fingerprint density at radius 1 is 1.24 bits per heavy atom. The maximum absolute atomic E-state index is 11.2. The molecule has 0 fully saturated rings. The summed E-state index contributed by atoms with van der Waals surface area (Å²) in [6.45, 7) is 0.203. The van der Waals surface area contributed by atoms with Crippen molar-refractivity contribution in [2.45, 2.75) is 6.61 Å². The van der Waals surface area contributed by atoms with Crippen LogP contribution in [-0.2, 0) is 6.61 Å². The Morgan fingerprint density at radius 2 is 2.00 bits per heavy atom. The smallest absolute Gasteiger partial charge is 0.172 e. The SMILES string of the molecule is COc1cc(Br)cc(C=O)c1OCc1ccc(Cl)cc1Cl. The number of hydrogen-bond acceptors (Lipinski definition) is 3. The van der Waals surface area contributed by atoms with Crippen molar-refractivity contribution in [1.82, 2.24) is 0 Å². The number of ether oxygens (including phenoxy) is 2. The molecule has 110 valence electrons. The van der Waals surface area contributed by atoms with E-state index < -0.39 is 0 Å². The van der Waals surface area contributed by atoms with Crippen molar-refractivity contribution >= 4 is 45.4 Å². The number of carbonyl (C=O) groups excluding carboxylic acids is 1. The molecule has 0 aromatic heterocycles. The molecule has 0 amide bonds. The molecular weight excluding hydrogens is 379 g/mol. The van der Waals surface area contributed by atoms with E-state index in [0.717, 1.165) is 10.0 Å². The third-order valence-electron chi connectivity index (χ3n) is 2.78. The molecule has 0 saturated carbocycles. The highest BCUT2D eigenvalue weighted by molar-refractivity contribution is 9.10. The molecular formula is C15H11BrCl2O3. The van der Waals surface area contributed by atoms with Crippen molar-refractivity contribution in [3.8, 4) is 11.5 Å². The van der Waals surface area contributed by atoms with E-state index in [1.165, 1.54) is 7.11 Å². The van der Waals surface area contributed by atoms with E-state index in [4.69, 9.17) is 32.7 Å². The first-order chi connectivity index (χ1) is 10.0. The molecule has 0 atom stereocenters. The highest BCUT2D eigenvalue weighted by atomic mass is 79.9. The first-order valence-electron chi connectivity index (χ1n) is 5.94. The molecule has 0 spiro atoms. The van der Waals surface area contributed by atoms with Gasteiger partial charge in [-0.3, -0.25) is 4.79 Å². The number of rotatable bonds is 5. The molecule has 6 heteroatoms. The largest absolute Gasteiger partial charge is 0.493 e. The average molecular weight is 390 g/mol. The zero-order chi connectivity index (χ0) is 15.4. The summed E-state index contributed by atoms with van der Waals surface area (Å²) in [5, 5.41) is 1.06. The van der Waals surface area contributed by atoms with Gasteiger partial charge in [-0.25, -0.2) is 0 Å². The lowest BCUT2D eigenvalue weighted by Gasteiger charge is -2.14. The lowest BCUT2D eigenvalue weighted by Crippen LogP contribution is -2.01. The van der Waals surface area contributed by atoms with Gasteiger partial charge in [-0.05, 0) is 24.3 Å². The van der Waals surface area contributed by atoms with Crippen LogP contribution in [0.25, 0.3) is 0 Å². The number of benzene rings is 2. The maximum atomic E-state index is 11.2. The van der Waals surface area contributed by atoms with Gasteiger partial charge in [0.15, 0.2) is 17.8 Å². The van der Waals surface area contributed by atoms with Gasteiger partial charge in [-0.1, -0.05) is 45.2 Å². The van der Waals surface area contributed by atoms with E-state index >= 15 is 0 Å². The monoisotopic (exact) mass is 388 g/mol. The van der Waals surface area contributed by atoms with E-state index in [2.05, 4.69) is 15.9 Å². The zero-order valence-corrected chi connectivity index (χ0v) is 14.1. The summed E-state index contributed by atoms with van der Waals surface area (Å²) < 4.78 is 11.7. The van der Waals surface area contributed by atoms with Gasteiger partial charge in [0.2, 0.25) is 0 Å². The molecule has 0 bridgehead atoms. The second-order valence-corrected chi connectivity index (χ2v) is 5.93. The van der Waals surface area contributed by atoms with Crippen molar-refractivity contribution in [2.75, 3.05) is 7.11 Å². The van der Waals surface area contributed by atoms with Crippen LogP contribution in [0.4, 0.5) is 0 Å². The van der Waals surface area contributed by atoms with E-state index in [9.17, 15) is 4.79 Å². The van der Waals surface area contributed by atoms with Crippen molar-refractivity contribution in [1.29, 1.82) is 0 Å². The molecule has 0 N–H and O–H groups in total. The molecule has 0 aliphatic carbocycles. The molecule has 2 rings (SSSR count). The number of hydrogen-bond donors (Lipinski definition) is 0. The summed E-state index contributed by atoms with van der Waals surface area (Å²) in [7, 11) is 1.51. The van der Waals surface area contributed by atoms with Gasteiger partial charge in [0, 0.05) is 20.1 Å². The number of methoxy groups -OCH3 is 1. The molecule has 2 aromatic carbocycles. The Morgan fingerprint density at radius 3 is 2.62 bits per heavy atom. The van der Waals surface area contributed by atoms with Gasteiger partial charge in [0.05, 0.1) is 12.7 Å². The summed E-state index contributed by atoms with van der Waals surface area (Å²) in [6, 6.07) is 8.53. The standard InChI is InChI=1S/C15H11BrCl2O3/c1-20-14-5-11(16)4-10(7-19)15(14)21-8-9-2-3-12(17)6-13(9)18/h2-7H,8H2,1H3. The molecule has 0 aliphatic heterocycles. The summed E-state index contributed by atoms with van der Waals surface area (Å²) in [4.78, 5) is 11.2. The van der Waals surface area contributed by atoms with Gasteiger partial charge >= 0.3 is 0 Å². The summed E-state index contributed by atoms with van der Waals surface area (Å²) in [5.41, 5.74) is 1.16. The topological polar surface area (TPSA) is 35.5 Å². The molecule has 21 heavy (non-hydrogen) atoms. The Hall–Kier alpha value is -1.23. The third-order valence-corrected chi connectivity index (χ3v) is 3.83. The van der Waals surface area contributed by atoms with Gasteiger partial charge in [-0.15, -0.1) is 0 Å². The van der Waals surface area contributed by atoms with Gasteiger partial charge in [-0.2, -0.15) is 0 Å². The Labute approximate surface area is 140 Å². The van der Waals surface area contributed by atoms with Gasteiger partial charge in [0.1, 0.15) is 6.61 Å². The third kappa shape index (κ3) is 3.90. The molecule has 0 radical (unpaired) electrons. The van der Waals surface area contributed by atoms with Crippen molar-refractivity contribution in [3.63, 3.8) is 0 Å². The minimum Gasteiger partial charge on any atom is -0.493 e. The number of carbonyl (C=O) groups is 1. The highest BCUT2D eigenvalue weighted by Crippen LogP contribution is 2.35. The van der Waals surface area contributed by atoms with Crippen molar-refractivity contribution < 1.29 is 14.3 Å². The van der Waals surface area contributed by atoms with Crippen LogP contribution in [0.1, 0.15) is 15.9 Å². The Kier molecular flexibility index (Phi) is 5.51. The second kappa shape index (κ2) is 7.16. The normalized spacial score (nSPS) is 10.3. The Bertz CT molecular complexity index is 674. The summed E-state index contributed by atoms with van der Waals surface area (Å²) in [5.74, 6) is 0.846. The van der Waals surface area contributed by atoms with E-state index in [0.29, 0.717) is 33.4 Å². The lowest BCUT2D eigenvalue weighted by molar-refractivity contribution is 0.111. The molecule has 0 unspecified atom stereocenters. The fraction of sp³-hybridized carbons (Fsp3) is 0.133. The molecule has 2 aromatic rings. The molecule has 0 saturated heterocycles. The van der Waals surface area contributed by atoms with Gasteiger partial charge < -0.3 is 9.47 Å². The number of halogens is 3. The minimum atomic E-state index is 0.203. The molecule has 0 aliphatic rings. The second-order valence-electron chi connectivity index (χ2n) is 4.17. The van der Waals surface area contributed by atoms with Crippen LogP contribution in [0.2, 0.25) is 10.0 Å². The van der Waals surface area contributed by atoms with Crippen molar-refractivity contribution in [2.24, 2.45) is 0 Å². The fourth-order valence-corrected chi connectivity index (χ4v) is 2.69. The van der Waals surface area contributed by atoms with Crippen LogP contribution >= 0.6 is 39.1 Å². The predicted molar refractivity (Wildman–Crippen MR) is 86.9 cm³/mol. The van der Waals surface area contributed by atoms with Crippen LogP contribution in [-0.4, -0.2) is 13.4 Å².